The van der Waals surface area contributed by atoms with Gasteiger partial charge in [-0.2, -0.15) is 5.10 Å². The van der Waals surface area contributed by atoms with E-state index in [2.05, 4.69) is 40.7 Å². The van der Waals surface area contributed by atoms with Gasteiger partial charge < -0.3 is 14.4 Å². The normalized spacial score (nSPS) is 21.1. The number of carbonyl (C=O) groups is 1. The highest BCUT2D eigenvalue weighted by atomic mass is 19.1. The first kappa shape index (κ1) is 22.6. The van der Waals surface area contributed by atoms with Crippen molar-refractivity contribution >= 4 is 27.8 Å². The van der Waals surface area contributed by atoms with Crippen molar-refractivity contribution in [2.75, 3.05) is 7.11 Å². The fourth-order valence-electron chi connectivity index (χ4n) is 5.69. The average molecular weight is 464 g/mol. The lowest BCUT2D eigenvalue weighted by Gasteiger charge is -2.36. The summed E-state index contributed by atoms with van der Waals surface area (Å²) in [6.45, 7) is 6.14. The Kier molecular flexibility index (Phi) is 5.47. The number of carboxylic acid groups (broad SMARTS) is 1. The summed E-state index contributed by atoms with van der Waals surface area (Å²) in [4.78, 5) is 11.9. The van der Waals surface area contributed by atoms with Crippen LogP contribution in [-0.2, 0) is 9.53 Å². The lowest BCUT2D eigenvalue weighted by Crippen LogP contribution is -2.43. The Morgan fingerprint density at radius 3 is 2.62 bits per heavy atom. The molecule has 0 saturated heterocycles. The van der Waals surface area contributed by atoms with Crippen LogP contribution in [0.2, 0.25) is 0 Å². The first-order valence-corrected chi connectivity index (χ1v) is 11.8. The molecule has 0 bridgehead atoms. The number of aromatic amines is 1. The number of hydrogen-bond donors (Lipinski definition) is 2. The molecule has 0 spiro atoms. The predicted octanol–water partition coefficient (Wildman–Crippen LogP) is 6.21. The van der Waals surface area contributed by atoms with Crippen molar-refractivity contribution in [3.05, 3.63) is 59.2 Å². The molecule has 1 fully saturated rings. The smallest absolute Gasteiger partial charge is 0.335 e. The molecule has 0 amide bonds. The standard InChI is InChI=1S/C27H30FN3O3/c1-15(2)25-24(17-7-9-27(34-4,10-8-17)26(32)33)20-13-22-18(14-29-30-22)12-23(20)31(25)19-5-6-21(28)16(3)11-19/h5-6,11-15,17H,7-10H2,1-4H3,(H,29,30)(H,32,33). The fourth-order valence-corrected chi connectivity index (χ4v) is 5.69. The Morgan fingerprint density at radius 2 is 2.00 bits per heavy atom. The molecule has 7 heteroatoms. The highest BCUT2D eigenvalue weighted by Crippen LogP contribution is 2.47. The number of rotatable bonds is 5. The van der Waals surface area contributed by atoms with Gasteiger partial charge in [-0.1, -0.05) is 13.8 Å². The summed E-state index contributed by atoms with van der Waals surface area (Å²) in [6, 6.07) is 9.55. The highest BCUT2D eigenvalue weighted by molar-refractivity contribution is 5.99. The molecular weight excluding hydrogens is 433 g/mol. The number of nitrogens with zero attached hydrogens (tertiary/aromatic N) is 2. The summed E-state index contributed by atoms with van der Waals surface area (Å²) in [5.41, 5.74) is 4.87. The van der Waals surface area contributed by atoms with Gasteiger partial charge in [0.2, 0.25) is 0 Å². The van der Waals surface area contributed by atoms with Gasteiger partial charge in [0.1, 0.15) is 5.82 Å². The van der Waals surface area contributed by atoms with Gasteiger partial charge in [-0.25, -0.2) is 9.18 Å². The molecule has 4 aromatic rings. The van der Waals surface area contributed by atoms with Crippen molar-refractivity contribution in [2.45, 2.75) is 63.9 Å². The summed E-state index contributed by atoms with van der Waals surface area (Å²) in [7, 11) is 1.49. The molecule has 5 rings (SSSR count). The number of H-pyrrole nitrogens is 1. The summed E-state index contributed by atoms with van der Waals surface area (Å²) in [6.07, 6.45) is 4.20. The number of aryl methyl sites for hydroxylation is 1. The number of nitrogens with one attached hydrogen (secondary N) is 1. The summed E-state index contributed by atoms with van der Waals surface area (Å²) >= 11 is 0. The Bertz CT molecular complexity index is 1390. The van der Waals surface area contributed by atoms with Crippen LogP contribution in [0.25, 0.3) is 27.5 Å². The van der Waals surface area contributed by atoms with Gasteiger partial charge in [-0.3, -0.25) is 5.10 Å². The Balaban J connectivity index is 1.75. The molecule has 0 aliphatic heterocycles. The van der Waals surface area contributed by atoms with Crippen LogP contribution in [0.1, 0.15) is 68.2 Å². The van der Waals surface area contributed by atoms with E-state index in [1.165, 1.54) is 24.4 Å². The number of carboxylic acids is 1. The highest BCUT2D eigenvalue weighted by Gasteiger charge is 2.43. The molecule has 1 aliphatic carbocycles. The number of fused-ring (bicyclic) bond motifs is 2. The minimum atomic E-state index is -1.11. The van der Waals surface area contributed by atoms with Crippen LogP contribution in [0.5, 0.6) is 0 Å². The van der Waals surface area contributed by atoms with Gasteiger partial charge in [0.05, 0.1) is 17.2 Å². The SMILES string of the molecule is COC1(C(=O)O)CCC(c2c(C(C)C)n(-c3ccc(F)c(C)c3)c3cc4cn[nH]c4cc23)CC1. The van der Waals surface area contributed by atoms with Gasteiger partial charge >= 0.3 is 5.97 Å². The van der Waals surface area contributed by atoms with Crippen molar-refractivity contribution in [1.29, 1.82) is 0 Å². The van der Waals surface area contributed by atoms with Crippen molar-refractivity contribution < 1.29 is 19.0 Å². The van der Waals surface area contributed by atoms with E-state index in [9.17, 15) is 14.3 Å². The van der Waals surface area contributed by atoms with Gasteiger partial charge in [0, 0.05) is 29.3 Å². The quantitative estimate of drug-likeness (QED) is 0.369. The van der Waals surface area contributed by atoms with Crippen LogP contribution < -0.4 is 0 Å². The number of aliphatic carboxylic acids is 1. The largest absolute Gasteiger partial charge is 0.479 e. The monoisotopic (exact) mass is 463 g/mol. The second-order valence-corrected chi connectivity index (χ2v) is 9.83. The van der Waals surface area contributed by atoms with E-state index in [1.54, 1.807) is 6.92 Å². The zero-order valence-electron chi connectivity index (χ0n) is 20.0. The molecule has 1 saturated carbocycles. The lowest BCUT2D eigenvalue weighted by molar-refractivity contribution is -0.166. The van der Waals surface area contributed by atoms with E-state index in [0.29, 0.717) is 18.4 Å². The van der Waals surface area contributed by atoms with Gasteiger partial charge in [0.25, 0.3) is 0 Å². The Hall–Kier alpha value is -3.19. The van der Waals surface area contributed by atoms with Gasteiger partial charge in [0.15, 0.2) is 5.60 Å². The van der Waals surface area contributed by atoms with E-state index in [-0.39, 0.29) is 17.7 Å². The van der Waals surface area contributed by atoms with E-state index >= 15 is 0 Å². The number of ether oxygens (including phenoxy) is 1. The third kappa shape index (κ3) is 3.41. The first-order valence-electron chi connectivity index (χ1n) is 11.8. The molecule has 2 N–H and O–H groups in total. The molecule has 2 aromatic carbocycles. The Labute approximate surface area is 197 Å². The van der Waals surface area contributed by atoms with E-state index < -0.39 is 11.6 Å². The molecule has 0 radical (unpaired) electrons. The zero-order chi connectivity index (χ0) is 24.2. The van der Waals surface area contributed by atoms with Crippen molar-refractivity contribution in [1.82, 2.24) is 14.8 Å². The minimum absolute atomic E-state index is 0.200. The molecule has 34 heavy (non-hydrogen) atoms. The lowest BCUT2D eigenvalue weighted by atomic mass is 9.74. The molecule has 0 unspecified atom stereocenters. The number of aromatic nitrogens is 3. The van der Waals surface area contributed by atoms with Crippen LogP contribution in [0, 0.1) is 12.7 Å². The third-order valence-electron chi connectivity index (χ3n) is 7.53. The Morgan fingerprint density at radius 1 is 1.26 bits per heavy atom. The maximum absolute atomic E-state index is 14.1. The van der Waals surface area contributed by atoms with E-state index in [1.807, 2.05) is 18.3 Å². The topological polar surface area (TPSA) is 80.1 Å². The average Bonchev–Trinajstić information content (AvgIpc) is 3.41. The maximum Gasteiger partial charge on any atom is 0.335 e. The molecular formula is C27H30FN3O3. The summed E-state index contributed by atoms with van der Waals surface area (Å²) in [5, 5.41) is 19.2. The van der Waals surface area contributed by atoms with E-state index in [0.717, 1.165) is 40.3 Å². The van der Waals surface area contributed by atoms with Crippen LogP contribution >= 0.6 is 0 Å². The first-order chi connectivity index (χ1) is 16.3. The van der Waals surface area contributed by atoms with Gasteiger partial charge in [-0.05, 0) is 85.9 Å². The van der Waals surface area contributed by atoms with Crippen LogP contribution in [-0.4, -0.2) is 38.6 Å². The summed E-state index contributed by atoms with van der Waals surface area (Å²) in [5.74, 6) is -0.704. The fraction of sp³-hybridized carbons (Fsp3) is 0.407. The molecule has 2 aromatic heterocycles. The molecule has 0 atom stereocenters. The van der Waals surface area contributed by atoms with Crippen molar-refractivity contribution in [3.63, 3.8) is 0 Å². The number of benzene rings is 2. The predicted molar refractivity (Wildman–Crippen MR) is 130 cm³/mol. The number of halogens is 1. The number of methoxy groups -OCH3 is 1. The van der Waals surface area contributed by atoms with Gasteiger partial charge in [-0.15, -0.1) is 0 Å². The van der Waals surface area contributed by atoms with Crippen LogP contribution in [0.4, 0.5) is 4.39 Å². The minimum Gasteiger partial charge on any atom is -0.479 e. The third-order valence-corrected chi connectivity index (χ3v) is 7.53. The second kappa shape index (κ2) is 8.24. The zero-order valence-corrected chi connectivity index (χ0v) is 20.0. The molecule has 1 aliphatic rings. The van der Waals surface area contributed by atoms with Crippen LogP contribution in [0.3, 0.4) is 0 Å². The van der Waals surface area contributed by atoms with Crippen molar-refractivity contribution in [3.8, 4) is 5.69 Å². The molecule has 178 valence electrons. The molecule has 6 nitrogen and oxygen atoms in total. The number of hydrogen-bond acceptors (Lipinski definition) is 3. The molecule has 2 heterocycles. The van der Waals surface area contributed by atoms with Crippen molar-refractivity contribution in [2.24, 2.45) is 0 Å². The van der Waals surface area contributed by atoms with Crippen LogP contribution in [0.15, 0.2) is 36.5 Å². The maximum atomic E-state index is 14.1. The van der Waals surface area contributed by atoms with E-state index in [4.69, 9.17) is 4.74 Å². The second-order valence-electron chi connectivity index (χ2n) is 9.83. The summed E-state index contributed by atoms with van der Waals surface area (Å²) < 4.78 is 21.9.